The molecule has 0 radical (unpaired) electrons. The van der Waals surface area contributed by atoms with Gasteiger partial charge in [-0.3, -0.25) is 9.78 Å². The smallest absolute Gasteiger partial charge is 0.256 e. The van der Waals surface area contributed by atoms with Crippen LogP contribution in [-0.4, -0.2) is 15.9 Å². The summed E-state index contributed by atoms with van der Waals surface area (Å²) in [6.07, 6.45) is 1.87. The van der Waals surface area contributed by atoms with Crippen LogP contribution in [0.5, 0.6) is 0 Å². The summed E-state index contributed by atoms with van der Waals surface area (Å²) >= 11 is 0. The van der Waals surface area contributed by atoms with Crippen LogP contribution in [0, 0.1) is 0 Å². The van der Waals surface area contributed by atoms with Gasteiger partial charge in [0.05, 0.1) is 16.8 Å². The number of anilines is 1. The number of hydrogen-bond acceptors (Lipinski definition) is 2. The van der Waals surface area contributed by atoms with E-state index in [0.717, 1.165) is 33.2 Å². The summed E-state index contributed by atoms with van der Waals surface area (Å²) in [5.74, 6) is 0.137. The first-order valence-electron chi connectivity index (χ1n) is 8.40. The first-order valence-corrected chi connectivity index (χ1v) is 8.40. The number of amides is 1. The summed E-state index contributed by atoms with van der Waals surface area (Å²) in [6, 6.07) is 17.5. The van der Waals surface area contributed by atoms with E-state index in [1.807, 2.05) is 60.8 Å². The van der Waals surface area contributed by atoms with Gasteiger partial charge in [0.2, 0.25) is 0 Å². The van der Waals surface area contributed by atoms with Crippen molar-refractivity contribution in [2.75, 3.05) is 5.32 Å². The number of rotatable bonds is 3. The van der Waals surface area contributed by atoms with E-state index in [1.165, 1.54) is 0 Å². The fraction of sp³-hybridized carbons (Fsp3) is 0.143. The molecule has 0 aliphatic carbocycles. The van der Waals surface area contributed by atoms with Gasteiger partial charge in [-0.1, -0.05) is 38.1 Å². The Morgan fingerprint density at radius 2 is 1.88 bits per heavy atom. The van der Waals surface area contributed by atoms with Gasteiger partial charge in [-0.05, 0) is 36.2 Å². The molecule has 2 heterocycles. The van der Waals surface area contributed by atoms with Crippen LogP contribution in [-0.2, 0) is 0 Å². The molecule has 0 saturated carbocycles. The molecule has 124 valence electrons. The van der Waals surface area contributed by atoms with Gasteiger partial charge in [-0.15, -0.1) is 0 Å². The summed E-state index contributed by atoms with van der Waals surface area (Å²) < 4.78 is 0. The number of carbonyl (C=O) groups is 1. The molecular weight excluding hydrogens is 310 g/mol. The number of hydrogen-bond donors (Lipinski definition) is 2. The Morgan fingerprint density at radius 1 is 1.04 bits per heavy atom. The summed E-state index contributed by atoms with van der Waals surface area (Å²) in [7, 11) is 0. The third kappa shape index (κ3) is 2.76. The van der Waals surface area contributed by atoms with E-state index in [2.05, 4.69) is 29.1 Å². The standard InChI is InChI=1S/C21H19N3O/c1-13(2)20-12-16(14-6-3-4-7-18(14)23-20)21(25)24-19-9-5-8-17-15(19)10-11-22-17/h3-13,22H,1-2H3,(H,24,25). The second kappa shape index (κ2) is 6.06. The van der Waals surface area contributed by atoms with Crippen LogP contribution in [0.15, 0.2) is 60.8 Å². The third-order valence-corrected chi connectivity index (χ3v) is 4.42. The van der Waals surface area contributed by atoms with Crippen LogP contribution in [0.3, 0.4) is 0 Å². The Kier molecular flexibility index (Phi) is 3.73. The topological polar surface area (TPSA) is 57.8 Å². The first-order chi connectivity index (χ1) is 12.1. The molecule has 25 heavy (non-hydrogen) atoms. The monoisotopic (exact) mass is 329 g/mol. The Bertz CT molecular complexity index is 1080. The molecule has 0 saturated heterocycles. The summed E-state index contributed by atoms with van der Waals surface area (Å²) in [6.45, 7) is 4.17. The fourth-order valence-electron chi connectivity index (χ4n) is 3.06. The zero-order chi connectivity index (χ0) is 17.4. The molecular formula is C21H19N3O. The number of pyridine rings is 1. The molecule has 0 aliphatic heterocycles. The molecule has 4 nitrogen and oxygen atoms in total. The molecule has 4 aromatic rings. The van der Waals surface area contributed by atoms with E-state index >= 15 is 0 Å². The summed E-state index contributed by atoms with van der Waals surface area (Å²) in [5, 5.41) is 4.92. The van der Waals surface area contributed by atoms with E-state index in [1.54, 1.807) is 0 Å². The van der Waals surface area contributed by atoms with Crippen molar-refractivity contribution in [3.63, 3.8) is 0 Å². The highest BCUT2D eigenvalue weighted by atomic mass is 16.1. The normalized spacial score (nSPS) is 11.3. The Hall–Kier alpha value is -3.14. The molecule has 4 rings (SSSR count). The molecule has 4 heteroatoms. The van der Waals surface area contributed by atoms with Crippen molar-refractivity contribution in [2.24, 2.45) is 0 Å². The average molecular weight is 329 g/mol. The van der Waals surface area contributed by atoms with Crippen molar-refractivity contribution < 1.29 is 4.79 Å². The van der Waals surface area contributed by atoms with E-state index in [9.17, 15) is 4.79 Å². The third-order valence-electron chi connectivity index (χ3n) is 4.42. The predicted molar refractivity (Wildman–Crippen MR) is 102 cm³/mol. The second-order valence-electron chi connectivity index (χ2n) is 6.47. The van der Waals surface area contributed by atoms with Crippen LogP contribution in [0.4, 0.5) is 5.69 Å². The zero-order valence-electron chi connectivity index (χ0n) is 14.2. The van der Waals surface area contributed by atoms with Crippen LogP contribution in [0.25, 0.3) is 21.8 Å². The molecule has 1 amide bonds. The van der Waals surface area contributed by atoms with Crippen molar-refractivity contribution in [1.82, 2.24) is 9.97 Å². The van der Waals surface area contributed by atoms with E-state index in [4.69, 9.17) is 0 Å². The van der Waals surface area contributed by atoms with Gasteiger partial charge in [0, 0.05) is 28.2 Å². The van der Waals surface area contributed by atoms with Crippen molar-refractivity contribution in [3.05, 3.63) is 72.1 Å². The minimum absolute atomic E-state index is 0.116. The number of nitrogens with zero attached hydrogens (tertiary/aromatic N) is 1. The molecule has 2 N–H and O–H groups in total. The molecule has 0 fully saturated rings. The fourth-order valence-corrected chi connectivity index (χ4v) is 3.06. The Balaban J connectivity index is 1.80. The lowest BCUT2D eigenvalue weighted by Crippen LogP contribution is -2.14. The number of nitrogens with one attached hydrogen (secondary N) is 2. The molecule has 0 atom stereocenters. The number of aromatic amines is 1. The highest BCUT2D eigenvalue weighted by Crippen LogP contribution is 2.26. The molecule has 2 aromatic carbocycles. The average Bonchev–Trinajstić information content (AvgIpc) is 3.10. The minimum atomic E-state index is -0.116. The number of H-pyrrole nitrogens is 1. The molecule has 0 unspecified atom stereocenters. The van der Waals surface area contributed by atoms with Crippen molar-refractivity contribution in [1.29, 1.82) is 0 Å². The largest absolute Gasteiger partial charge is 0.361 e. The quantitative estimate of drug-likeness (QED) is 0.550. The van der Waals surface area contributed by atoms with Crippen LogP contribution < -0.4 is 5.32 Å². The number of carbonyl (C=O) groups excluding carboxylic acids is 1. The van der Waals surface area contributed by atoms with Crippen molar-refractivity contribution in [3.8, 4) is 0 Å². The second-order valence-corrected chi connectivity index (χ2v) is 6.47. The van der Waals surface area contributed by atoms with Crippen molar-refractivity contribution in [2.45, 2.75) is 19.8 Å². The maximum atomic E-state index is 13.0. The number of aromatic nitrogens is 2. The van der Waals surface area contributed by atoms with Crippen LogP contribution >= 0.6 is 0 Å². The van der Waals surface area contributed by atoms with Gasteiger partial charge in [0.1, 0.15) is 0 Å². The number of para-hydroxylation sites is 1. The Morgan fingerprint density at radius 3 is 2.72 bits per heavy atom. The van der Waals surface area contributed by atoms with Crippen molar-refractivity contribution >= 4 is 33.4 Å². The highest BCUT2D eigenvalue weighted by Gasteiger charge is 2.15. The van der Waals surface area contributed by atoms with Gasteiger partial charge in [-0.2, -0.15) is 0 Å². The lowest BCUT2D eigenvalue weighted by Gasteiger charge is -2.12. The minimum Gasteiger partial charge on any atom is -0.361 e. The maximum Gasteiger partial charge on any atom is 0.256 e. The van der Waals surface area contributed by atoms with E-state index in [0.29, 0.717) is 5.56 Å². The van der Waals surface area contributed by atoms with E-state index < -0.39 is 0 Å². The van der Waals surface area contributed by atoms with Gasteiger partial charge < -0.3 is 10.3 Å². The predicted octanol–water partition coefficient (Wildman–Crippen LogP) is 5.09. The first kappa shape index (κ1) is 15.4. The van der Waals surface area contributed by atoms with Gasteiger partial charge in [0.15, 0.2) is 0 Å². The number of fused-ring (bicyclic) bond motifs is 2. The highest BCUT2D eigenvalue weighted by molar-refractivity contribution is 6.14. The summed E-state index contributed by atoms with van der Waals surface area (Å²) in [5.41, 5.74) is 4.22. The maximum absolute atomic E-state index is 13.0. The van der Waals surface area contributed by atoms with Gasteiger partial charge >= 0.3 is 0 Å². The van der Waals surface area contributed by atoms with E-state index in [-0.39, 0.29) is 11.8 Å². The SMILES string of the molecule is CC(C)c1cc(C(=O)Nc2cccc3[nH]ccc23)c2ccccc2n1. The zero-order valence-corrected chi connectivity index (χ0v) is 14.2. The summed E-state index contributed by atoms with van der Waals surface area (Å²) in [4.78, 5) is 20.9. The molecule has 0 aliphatic rings. The molecule has 0 bridgehead atoms. The lowest BCUT2D eigenvalue weighted by atomic mass is 10.0. The van der Waals surface area contributed by atoms with Gasteiger partial charge in [-0.25, -0.2) is 0 Å². The molecule has 0 spiro atoms. The van der Waals surface area contributed by atoms with Gasteiger partial charge in [0.25, 0.3) is 5.91 Å². The van der Waals surface area contributed by atoms with Crippen LogP contribution in [0.1, 0.15) is 35.8 Å². The molecule has 2 aromatic heterocycles. The lowest BCUT2D eigenvalue weighted by molar-refractivity contribution is 0.102. The number of benzene rings is 2. The Labute approximate surface area is 145 Å². The van der Waals surface area contributed by atoms with Crippen LogP contribution in [0.2, 0.25) is 0 Å².